The van der Waals surface area contributed by atoms with E-state index in [0.29, 0.717) is 0 Å². The van der Waals surface area contributed by atoms with E-state index in [1.165, 1.54) is 6.92 Å². The van der Waals surface area contributed by atoms with Crippen LogP contribution in [0.1, 0.15) is 6.92 Å². The number of halogens is 3. The number of rotatable bonds is 7. The molecule has 0 amide bonds. The SMILES string of the molecule is C=C(C(=O)OCCOP(=O)([O-])OCC)C(F)(F)F. The summed E-state index contributed by atoms with van der Waals surface area (Å²) in [6.45, 7) is 2.44. The predicted octanol–water partition coefficient (Wildman–Crippen LogP) is 1.17. The van der Waals surface area contributed by atoms with E-state index in [4.69, 9.17) is 0 Å². The van der Waals surface area contributed by atoms with Gasteiger partial charge >= 0.3 is 12.1 Å². The number of carbonyl (C=O) groups excluding carboxylic acids is 1. The molecule has 0 saturated carbocycles. The van der Waals surface area contributed by atoms with Crippen molar-refractivity contribution in [3.63, 3.8) is 0 Å². The number of phosphoric acid groups is 1. The maximum Gasteiger partial charge on any atom is 0.422 e. The quantitative estimate of drug-likeness (QED) is 0.303. The highest BCUT2D eigenvalue weighted by Gasteiger charge is 2.37. The fourth-order valence-corrected chi connectivity index (χ4v) is 1.37. The van der Waals surface area contributed by atoms with Crippen LogP contribution in [0.15, 0.2) is 12.2 Å². The van der Waals surface area contributed by atoms with Gasteiger partial charge in [0.2, 0.25) is 0 Å². The molecular weight excluding hydrogens is 280 g/mol. The summed E-state index contributed by atoms with van der Waals surface area (Å²) in [7, 11) is -4.49. The van der Waals surface area contributed by atoms with E-state index in [0.717, 1.165) is 0 Å². The Kier molecular flexibility index (Phi) is 6.55. The third kappa shape index (κ3) is 6.75. The van der Waals surface area contributed by atoms with Crippen LogP contribution in [0.4, 0.5) is 13.2 Å². The molecule has 0 aliphatic carbocycles. The lowest BCUT2D eigenvalue weighted by Crippen LogP contribution is -2.22. The monoisotopic (exact) mass is 291 g/mol. The van der Waals surface area contributed by atoms with Gasteiger partial charge in [0.25, 0.3) is 7.82 Å². The van der Waals surface area contributed by atoms with Crippen LogP contribution in [-0.2, 0) is 23.1 Å². The molecule has 0 bridgehead atoms. The predicted molar refractivity (Wildman–Crippen MR) is 51.3 cm³/mol. The Morgan fingerprint density at radius 1 is 1.33 bits per heavy atom. The summed E-state index contributed by atoms with van der Waals surface area (Å²) >= 11 is 0. The summed E-state index contributed by atoms with van der Waals surface area (Å²) < 4.78 is 59.1. The minimum Gasteiger partial charge on any atom is -0.756 e. The van der Waals surface area contributed by atoms with Crippen LogP contribution < -0.4 is 4.89 Å². The normalized spacial score (nSPS) is 14.9. The molecule has 0 saturated heterocycles. The first-order valence-electron chi connectivity index (χ1n) is 4.63. The third-order valence-corrected chi connectivity index (χ3v) is 2.51. The van der Waals surface area contributed by atoms with E-state index in [1.807, 2.05) is 0 Å². The second-order valence-corrected chi connectivity index (χ2v) is 4.22. The van der Waals surface area contributed by atoms with Crippen LogP contribution in [0.3, 0.4) is 0 Å². The molecule has 1 atom stereocenters. The first-order chi connectivity index (χ1) is 8.10. The molecule has 0 rings (SSSR count). The van der Waals surface area contributed by atoms with Crippen molar-refractivity contribution in [2.45, 2.75) is 13.1 Å². The first kappa shape index (κ1) is 17.1. The summed E-state index contributed by atoms with van der Waals surface area (Å²) in [6, 6.07) is 0. The molecule has 0 radical (unpaired) electrons. The standard InChI is InChI=1S/C8H12F3O6P/c1-3-16-18(13,14)17-5-4-15-7(12)6(2)8(9,10)11/h2-5H2,1H3,(H,13,14)/p-1. The van der Waals surface area contributed by atoms with E-state index < -0.39 is 38.8 Å². The molecule has 0 aliphatic heterocycles. The number of hydrogen-bond acceptors (Lipinski definition) is 6. The van der Waals surface area contributed by atoms with Crippen LogP contribution in [0, 0.1) is 0 Å². The molecule has 0 aliphatic rings. The average Bonchev–Trinajstić information content (AvgIpc) is 2.21. The van der Waals surface area contributed by atoms with Gasteiger partial charge in [-0.25, -0.2) is 4.79 Å². The Bertz CT molecular complexity index is 353. The van der Waals surface area contributed by atoms with Gasteiger partial charge in [-0.05, 0) is 6.92 Å². The van der Waals surface area contributed by atoms with Crippen molar-refractivity contribution >= 4 is 13.8 Å². The van der Waals surface area contributed by atoms with Gasteiger partial charge in [0, 0.05) is 0 Å². The van der Waals surface area contributed by atoms with E-state index in [1.54, 1.807) is 0 Å². The van der Waals surface area contributed by atoms with E-state index in [9.17, 15) is 27.4 Å². The topological polar surface area (TPSA) is 84.9 Å². The molecule has 0 spiro atoms. The molecule has 0 aromatic rings. The van der Waals surface area contributed by atoms with Gasteiger partial charge in [-0.3, -0.25) is 4.57 Å². The Morgan fingerprint density at radius 3 is 2.33 bits per heavy atom. The van der Waals surface area contributed by atoms with Crippen LogP contribution >= 0.6 is 7.82 Å². The van der Waals surface area contributed by atoms with Crippen LogP contribution in [0.5, 0.6) is 0 Å². The zero-order chi connectivity index (χ0) is 14.4. The Labute approximate surface area is 101 Å². The number of ether oxygens (including phenoxy) is 1. The number of phosphoric ester groups is 1. The summed E-state index contributed by atoms with van der Waals surface area (Å²) in [4.78, 5) is 21.6. The van der Waals surface area contributed by atoms with Crippen LogP contribution in [0.2, 0.25) is 0 Å². The van der Waals surface area contributed by atoms with E-state index in [-0.39, 0.29) is 6.61 Å². The van der Waals surface area contributed by atoms with Crippen molar-refractivity contribution in [1.29, 1.82) is 0 Å². The summed E-state index contributed by atoms with van der Waals surface area (Å²) in [5.41, 5.74) is -1.68. The molecular formula is C8H11F3O6P-. The lowest BCUT2D eigenvalue weighted by Gasteiger charge is -2.21. The van der Waals surface area contributed by atoms with Crippen molar-refractivity contribution in [2.75, 3.05) is 19.8 Å². The second kappa shape index (κ2) is 6.89. The number of carbonyl (C=O) groups is 1. The largest absolute Gasteiger partial charge is 0.756 e. The van der Waals surface area contributed by atoms with E-state index >= 15 is 0 Å². The highest BCUT2D eigenvalue weighted by atomic mass is 31.2. The van der Waals surface area contributed by atoms with Gasteiger partial charge in [0.15, 0.2) is 0 Å². The zero-order valence-corrected chi connectivity index (χ0v) is 10.3. The Balaban J connectivity index is 3.97. The smallest absolute Gasteiger partial charge is 0.422 e. The lowest BCUT2D eigenvalue weighted by molar-refractivity contribution is -0.226. The molecule has 1 unspecified atom stereocenters. The summed E-state index contributed by atoms with van der Waals surface area (Å²) in [6.07, 6.45) is -4.89. The molecule has 10 heteroatoms. The second-order valence-electron chi connectivity index (χ2n) is 2.81. The molecule has 18 heavy (non-hydrogen) atoms. The highest BCUT2D eigenvalue weighted by molar-refractivity contribution is 7.45. The fourth-order valence-electron chi connectivity index (χ4n) is 0.682. The molecule has 0 N–H and O–H groups in total. The van der Waals surface area contributed by atoms with Crippen molar-refractivity contribution in [1.82, 2.24) is 0 Å². The lowest BCUT2D eigenvalue weighted by atomic mass is 10.3. The average molecular weight is 291 g/mol. The molecule has 106 valence electrons. The molecule has 0 fully saturated rings. The molecule has 0 aromatic carbocycles. The van der Waals surface area contributed by atoms with Crippen LogP contribution in [0.25, 0.3) is 0 Å². The van der Waals surface area contributed by atoms with Gasteiger partial charge in [-0.2, -0.15) is 13.2 Å². The van der Waals surface area contributed by atoms with Crippen molar-refractivity contribution < 1.29 is 41.2 Å². The maximum atomic E-state index is 12.0. The number of hydrogen-bond donors (Lipinski definition) is 0. The van der Waals surface area contributed by atoms with E-state index in [2.05, 4.69) is 20.4 Å². The zero-order valence-electron chi connectivity index (χ0n) is 9.36. The number of esters is 1. The van der Waals surface area contributed by atoms with Crippen molar-refractivity contribution in [3.05, 3.63) is 12.2 Å². The minimum atomic E-state index is -4.89. The van der Waals surface area contributed by atoms with Gasteiger partial charge in [-0.15, -0.1) is 0 Å². The minimum absolute atomic E-state index is 0.147. The Morgan fingerprint density at radius 2 is 1.89 bits per heavy atom. The van der Waals surface area contributed by atoms with Gasteiger partial charge in [-0.1, -0.05) is 6.58 Å². The van der Waals surface area contributed by atoms with Crippen molar-refractivity contribution in [2.24, 2.45) is 0 Å². The van der Waals surface area contributed by atoms with Crippen molar-refractivity contribution in [3.8, 4) is 0 Å². The summed E-state index contributed by atoms with van der Waals surface area (Å²) in [5.74, 6) is -1.69. The van der Waals surface area contributed by atoms with Gasteiger partial charge in [0.1, 0.15) is 12.2 Å². The molecule has 0 heterocycles. The fraction of sp³-hybridized carbons (Fsp3) is 0.625. The Hall–Kier alpha value is -0.890. The molecule has 0 aromatic heterocycles. The number of alkyl halides is 3. The van der Waals surface area contributed by atoms with Crippen LogP contribution in [-0.4, -0.2) is 32.0 Å². The molecule has 6 nitrogen and oxygen atoms in total. The summed E-state index contributed by atoms with van der Waals surface area (Å²) in [5, 5.41) is 0. The van der Waals surface area contributed by atoms with Gasteiger partial charge in [0.05, 0.1) is 13.2 Å². The third-order valence-electron chi connectivity index (χ3n) is 1.44. The first-order valence-corrected chi connectivity index (χ1v) is 6.09. The maximum absolute atomic E-state index is 12.0. The highest BCUT2D eigenvalue weighted by Crippen LogP contribution is 2.37. The van der Waals surface area contributed by atoms with Gasteiger partial charge < -0.3 is 18.7 Å².